The Morgan fingerprint density at radius 3 is 2.73 bits per heavy atom. The van der Waals surface area contributed by atoms with Gasteiger partial charge in [0.2, 0.25) is 11.8 Å². The molecule has 5 N–H and O–H groups in total. The molecule has 2 fully saturated rings. The van der Waals surface area contributed by atoms with Crippen LogP contribution in [0.5, 0.6) is 0 Å². The number of nitrogen functional groups attached to an aromatic ring is 1. The number of hydrogen-bond acceptors (Lipinski definition) is 7. The van der Waals surface area contributed by atoms with E-state index in [0.29, 0.717) is 35.1 Å². The van der Waals surface area contributed by atoms with Crippen molar-refractivity contribution in [2.45, 2.75) is 44.3 Å². The van der Waals surface area contributed by atoms with Crippen LogP contribution >= 0.6 is 0 Å². The molecule has 1 aliphatic heterocycles. The van der Waals surface area contributed by atoms with Crippen molar-refractivity contribution < 1.29 is 22.7 Å². The summed E-state index contributed by atoms with van der Waals surface area (Å²) in [6, 6.07) is 5.36. The first-order chi connectivity index (χ1) is 17.7. The quantitative estimate of drug-likeness (QED) is 0.352. The highest BCUT2D eigenvalue weighted by Crippen LogP contribution is 2.41. The highest BCUT2D eigenvalue weighted by atomic mass is 19.1. The van der Waals surface area contributed by atoms with Gasteiger partial charge in [0.25, 0.3) is 5.56 Å². The summed E-state index contributed by atoms with van der Waals surface area (Å²) < 4.78 is 41.9. The molecule has 9 nitrogen and oxygen atoms in total. The Morgan fingerprint density at radius 2 is 2.03 bits per heavy atom. The molecule has 4 aromatic rings. The molecule has 37 heavy (non-hydrogen) atoms. The number of pyridine rings is 1. The summed E-state index contributed by atoms with van der Waals surface area (Å²) in [5, 5.41) is 3.34. The molecule has 0 radical (unpaired) electrons. The van der Waals surface area contributed by atoms with Gasteiger partial charge in [0.15, 0.2) is 11.1 Å². The predicted octanol–water partition coefficient (Wildman–Crippen LogP) is 3.05. The summed E-state index contributed by atoms with van der Waals surface area (Å²) in [4.78, 5) is 30.5. The van der Waals surface area contributed by atoms with Crippen LogP contribution in [0.3, 0.4) is 0 Å². The van der Waals surface area contributed by atoms with Crippen molar-refractivity contribution in [3.05, 3.63) is 57.7 Å². The van der Waals surface area contributed by atoms with Gasteiger partial charge in [-0.3, -0.25) is 9.59 Å². The summed E-state index contributed by atoms with van der Waals surface area (Å²) in [5.74, 6) is -1.61. The highest BCUT2D eigenvalue weighted by molar-refractivity contribution is 6.04. The summed E-state index contributed by atoms with van der Waals surface area (Å²) in [5.41, 5.74) is 12.0. The Morgan fingerprint density at radius 1 is 1.24 bits per heavy atom. The maximum absolute atomic E-state index is 14.8. The Hall–Kier alpha value is -3.83. The molecule has 2 aromatic heterocycles. The SMILES string of the molecule is Cc1c(-c2cc(F)c(N)cc2F)ccc2c3oc(CNC(=O)C4(N)CCOC4)nc3c(=O)n(C3CC3)c12. The molecule has 3 heterocycles. The van der Waals surface area contributed by atoms with Crippen LogP contribution in [0.25, 0.3) is 33.1 Å². The monoisotopic (exact) mass is 509 g/mol. The van der Waals surface area contributed by atoms with Crippen LogP contribution in [0.2, 0.25) is 0 Å². The topological polar surface area (TPSA) is 138 Å². The smallest absolute Gasteiger partial charge is 0.281 e. The first kappa shape index (κ1) is 23.6. The number of aromatic nitrogens is 2. The first-order valence-corrected chi connectivity index (χ1v) is 12.0. The normalized spacial score (nSPS) is 19.7. The second kappa shape index (κ2) is 8.35. The van der Waals surface area contributed by atoms with E-state index in [0.717, 1.165) is 25.0 Å². The van der Waals surface area contributed by atoms with Gasteiger partial charge in [-0.2, -0.15) is 0 Å². The van der Waals surface area contributed by atoms with E-state index in [4.69, 9.17) is 20.6 Å². The lowest BCUT2D eigenvalue weighted by molar-refractivity contribution is -0.126. The minimum atomic E-state index is -1.11. The molecule has 1 saturated heterocycles. The molecule has 1 aliphatic carbocycles. The third-order valence-electron chi connectivity index (χ3n) is 7.20. The predicted molar refractivity (Wildman–Crippen MR) is 133 cm³/mol. The molecule has 0 bridgehead atoms. The number of carbonyl (C=O) groups excluding carboxylic acids is 1. The van der Waals surface area contributed by atoms with Gasteiger partial charge in [-0.1, -0.05) is 6.07 Å². The average molecular weight is 510 g/mol. The Labute approximate surface area is 209 Å². The molecule has 1 atom stereocenters. The molecule has 1 amide bonds. The number of amides is 1. The van der Waals surface area contributed by atoms with E-state index in [1.165, 1.54) is 0 Å². The molecule has 0 spiro atoms. The second-order valence-electron chi connectivity index (χ2n) is 9.82. The van der Waals surface area contributed by atoms with E-state index in [9.17, 15) is 18.4 Å². The molecular weight excluding hydrogens is 484 g/mol. The minimum Gasteiger partial charge on any atom is -0.438 e. The molecule has 1 unspecified atom stereocenters. The van der Waals surface area contributed by atoms with Crippen molar-refractivity contribution in [1.29, 1.82) is 0 Å². The van der Waals surface area contributed by atoms with Gasteiger partial charge < -0.3 is 30.5 Å². The number of nitrogens with two attached hydrogens (primary N) is 2. The van der Waals surface area contributed by atoms with E-state index in [1.807, 2.05) is 0 Å². The van der Waals surface area contributed by atoms with Gasteiger partial charge in [0.05, 0.1) is 24.4 Å². The van der Waals surface area contributed by atoms with Crippen LogP contribution in [0.15, 0.2) is 33.5 Å². The van der Waals surface area contributed by atoms with Crippen LogP contribution in [0.1, 0.15) is 36.8 Å². The number of benzene rings is 2. The van der Waals surface area contributed by atoms with Crippen molar-refractivity contribution in [1.82, 2.24) is 14.9 Å². The van der Waals surface area contributed by atoms with Crippen LogP contribution in [-0.4, -0.2) is 34.2 Å². The zero-order chi connectivity index (χ0) is 26.1. The molecule has 11 heteroatoms. The lowest BCUT2D eigenvalue weighted by atomic mass is 9.96. The Balaban J connectivity index is 1.47. The summed E-state index contributed by atoms with van der Waals surface area (Å²) in [6.07, 6.45) is 2.04. The maximum atomic E-state index is 14.8. The third-order valence-corrected chi connectivity index (χ3v) is 7.20. The van der Waals surface area contributed by atoms with E-state index in [2.05, 4.69) is 10.3 Å². The molecule has 2 aromatic carbocycles. The molecular formula is C26H25F2N5O4. The fraction of sp³-hybridized carbons (Fsp3) is 0.346. The third kappa shape index (κ3) is 3.77. The van der Waals surface area contributed by atoms with Crippen LogP contribution in [0, 0.1) is 18.6 Å². The van der Waals surface area contributed by atoms with Crippen LogP contribution in [-0.2, 0) is 16.1 Å². The Bertz CT molecular complexity index is 1650. The number of nitrogens with zero attached hydrogens (tertiary/aromatic N) is 2. The van der Waals surface area contributed by atoms with Gasteiger partial charge in [-0.05, 0) is 49.4 Å². The fourth-order valence-electron chi connectivity index (χ4n) is 5.01. The zero-order valence-corrected chi connectivity index (χ0v) is 20.1. The molecule has 192 valence electrons. The first-order valence-electron chi connectivity index (χ1n) is 12.0. The van der Waals surface area contributed by atoms with Crippen molar-refractivity contribution in [2.75, 3.05) is 18.9 Å². The van der Waals surface area contributed by atoms with Crippen LogP contribution < -0.4 is 22.3 Å². The van der Waals surface area contributed by atoms with E-state index in [1.54, 1.807) is 23.6 Å². The number of anilines is 1. The van der Waals surface area contributed by atoms with Crippen LogP contribution in [0.4, 0.5) is 14.5 Å². The van der Waals surface area contributed by atoms with Crippen molar-refractivity contribution in [3.8, 4) is 11.1 Å². The Kier molecular flexibility index (Phi) is 5.32. The average Bonchev–Trinajstić information content (AvgIpc) is 3.44. The lowest BCUT2D eigenvalue weighted by Gasteiger charge is -2.19. The molecule has 2 aliphatic rings. The maximum Gasteiger partial charge on any atom is 0.281 e. The van der Waals surface area contributed by atoms with E-state index in [-0.39, 0.29) is 58.9 Å². The lowest BCUT2D eigenvalue weighted by Crippen LogP contribution is -2.54. The number of fused-ring (bicyclic) bond motifs is 3. The summed E-state index contributed by atoms with van der Waals surface area (Å²) in [7, 11) is 0. The highest BCUT2D eigenvalue weighted by Gasteiger charge is 2.38. The molecule has 1 saturated carbocycles. The fourth-order valence-corrected chi connectivity index (χ4v) is 5.01. The van der Waals surface area contributed by atoms with Gasteiger partial charge in [0.1, 0.15) is 17.2 Å². The number of hydrogen-bond donors (Lipinski definition) is 3. The standard InChI is InChI=1S/C26H25F2N5O4/c1-12-14(16-8-18(28)19(29)9-17(16)27)4-5-15-22(12)33(13-2-3-13)24(34)21-23(15)37-20(32-21)10-31-25(35)26(30)6-7-36-11-26/h4-5,8-9,13H,2-3,6-7,10-11,29-30H2,1H3,(H,31,35). The second-order valence-corrected chi connectivity index (χ2v) is 9.82. The van der Waals surface area contributed by atoms with Gasteiger partial charge in [-0.25, -0.2) is 13.8 Å². The number of carbonyl (C=O) groups is 1. The van der Waals surface area contributed by atoms with Crippen molar-refractivity contribution in [3.63, 3.8) is 0 Å². The van der Waals surface area contributed by atoms with Gasteiger partial charge in [-0.15, -0.1) is 0 Å². The minimum absolute atomic E-state index is 0.0272. The summed E-state index contributed by atoms with van der Waals surface area (Å²) in [6.45, 7) is 2.25. The number of oxazole rings is 1. The number of nitrogens with one attached hydrogen (secondary N) is 1. The van der Waals surface area contributed by atoms with Gasteiger partial charge >= 0.3 is 0 Å². The number of aryl methyl sites for hydroxylation is 1. The van der Waals surface area contributed by atoms with E-state index >= 15 is 0 Å². The van der Waals surface area contributed by atoms with E-state index < -0.39 is 17.2 Å². The molecule has 6 rings (SSSR count). The van der Waals surface area contributed by atoms with Crippen molar-refractivity contribution in [2.24, 2.45) is 5.73 Å². The number of rotatable bonds is 5. The zero-order valence-electron chi connectivity index (χ0n) is 20.1. The van der Waals surface area contributed by atoms with Gasteiger partial charge in [0, 0.05) is 29.7 Å². The number of halogens is 2. The largest absolute Gasteiger partial charge is 0.438 e. The van der Waals surface area contributed by atoms with Crippen molar-refractivity contribution >= 4 is 33.6 Å². The number of ether oxygens (including phenoxy) is 1. The summed E-state index contributed by atoms with van der Waals surface area (Å²) >= 11 is 0.